The quantitative estimate of drug-likeness (QED) is 0.443. The topological polar surface area (TPSA) is 77.6 Å². The normalized spacial score (nSPS) is 18.8. The number of benzene rings is 2. The van der Waals surface area contributed by atoms with Crippen LogP contribution in [-0.4, -0.2) is 34.9 Å². The highest BCUT2D eigenvalue weighted by atomic mass is 32.1. The molecule has 4 rings (SSSR count). The summed E-state index contributed by atoms with van der Waals surface area (Å²) < 4.78 is 14.5. The van der Waals surface area contributed by atoms with Crippen LogP contribution in [-0.2, 0) is 13.1 Å². The second-order valence-corrected chi connectivity index (χ2v) is 8.50. The van der Waals surface area contributed by atoms with E-state index < -0.39 is 11.4 Å². The van der Waals surface area contributed by atoms with Crippen LogP contribution in [0, 0.1) is 10.6 Å². The molecule has 0 aliphatic carbocycles. The van der Waals surface area contributed by atoms with Gasteiger partial charge in [0.25, 0.3) is 5.56 Å². The second-order valence-electron chi connectivity index (χ2n) is 8.11. The number of halogens is 1. The molecule has 0 spiro atoms. The predicted molar refractivity (Wildman–Crippen MR) is 122 cm³/mol. The molecule has 0 unspecified atom stereocenters. The maximum Gasteiger partial charge on any atom is 0.259 e. The minimum absolute atomic E-state index is 0.0280. The first-order valence-corrected chi connectivity index (χ1v) is 11.1. The van der Waals surface area contributed by atoms with Crippen molar-refractivity contribution in [3.8, 4) is 5.88 Å². The smallest absolute Gasteiger partial charge is 0.259 e. The summed E-state index contributed by atoms with van der Waals surface area (Å²) in [7, 11) is 0. The van der Waals surface area contributed by atoms with E-state index in [1.165, 1.54) is 33.4 Å². The summed E-state index contributed by atoms with van der Waals surface area (Å²) in [4.78, 5) is 21.0. The number of aliphatic imine (C=N–C) groups is 1. The van der Waals surface area contributed by atoms with Gasteiger partial charge in [-0.2, -0.15) is 0 Å². The molecule has 0 saturated carbocycles. The highest BCUT2D eigenvalue weighted by Gasteiger charge is 2.21. The lowest BCUT2D eigenvalue weighted by Gasteiger charge is -2.27. The molecular formula is C24H25FN4O2S. The van der Waals surface area contributed by atoms with Gasteiger partial charge in [0.15, 0.2) is 4.77 Å². The Morgan fingerprint density at radius 1 is 1.12 bits per heavy atom. The SMILES string of the molecule is O=c1[nH]c(=S)n(Cc2ccc(F)cc2)c([O-])c1C=NC1CC[NH+](Cc2ccccc2)CC1. The number of aromatic amines is 1. The van der Waals surface area contributed by atoms with Gasteiger partial charge < -0.3 is 14.6 Å². The van der Waals surface area contributed by atoms with Gasteiger partial charge in [0.1, 0.15) is 12.4 Å². The van der Waals surface area contributed by atoms with Crippen LogP contribution in [0.4, 0.5) is 4.39 Å². The van der Waals surface area contributed by atoms with Gasteiger partial charge in [-0.1, -0.05) is 42.5 Å². The van der Waals surface area contributed by atoms with Crippen molar-refractivity contribution >= 4 is 18.4 Å². The first-order chi connectivity index (χ1) is 15.5. The lowest BCUT2D eigenvalue weighted by Crippen LogP contribution is -3.12. The summed E-state index contributed by atoms with van der Waals surface area (Å²) in [6, 6.07) is 16.3. The van der Waals surface area contributed by atoms with Crippen LogP contribution in [0.3, 0.4) is 0 Å². The summed E-state index contributed by atoms with van der Waals surface area (Å²) in [5.74, 6) is -0.843. The molecule has 3 aromatic rings. The number of nitrogens with one attached hydrogen (secondary N) is 2. The minimum atomic E-state index is -0.536. The van der Waals surface area contributed by atoms with Crippen molar-refractivity contribution in [3.63, 3.8) is 0 Å². The third-order valence-corrected chi connectivity index (χ3v) is 6.14. The van der Waals surface area contributed by atoms with E-state index >= 15 is 0 Å². The molecule has 1 aliphatic rings. The van der Waals surface area contributed by atoms with Gasteiger partial charge in [-0.05, 0) is 35.8 Å². The molecule has 1 fully saturated rings. The van der Waals surface area contributed by atoms with Crippen molar-refractivity contribution in [3.05, 3.63) is 92.2 Å². The van der Waals surface area contributed by atoms with E-state index in [-0.39, 0.29) is 28.7 Å². The molecule has 2 heterocycles. The standard InChI is InChI=1S/C24H25FN4O2S/c25-19-8-6-18(7-9-19)16-29-23(31)21(22(30)27-24(29)32)14-26-20-10-12-28(13-11-20)15-17-4-2-1-3-5-17/h1-9,14,20,31H,10-13,15-16H2,(H,27,30,32). The molecule has 6 nitrogen and oxygen atoms in total. The highest BCUT2D eigenvalue weighted by molar-refractivity contribution is 7.71. The van der Waals surface area contributed by atoms with E-state index in [4.69, 9.17) is 12.2 Å². The molecule has 0 atom stereocenters. The largest absolute Gasteiger partial charge is 0.859 e. The zero-order valence-corrected chi connectivity index (χ0v) is 18.4. The van der Waals surface area contributed by atoms with Crippen LogP contribution in [0.5, 0.6) is 5.88 Å². The molecule has 2 N–H and O–H groups in total. The number of hydrogen-bond donors (Lipinski definition) is 2. The fourth-order valence-electron chi connectivity index (χ4n) is 4.00. The van der Waals surface area contributed by atoms with Gasteiger partial charge >= 0.3 is 0 Å². The molecule has 0 amide bonds. The van der Waals surface area contributed by atoms with E-state index in [2.05, 4.69) is 34.2 Å². The number of aromatic nitrogens is 2. The number of rotatable bonds is 6. The first-order valence-electron chi connectivity index (χ1n) is 10.7. The minimum Gasteiger partial charge on any atom is -0.859 e. The number of quaternary nitrogens is 1. The molecule has 8 heteroatoms. The van der Waals surface area contributed by atoms with Crippen LogP contribution in [0.15, 0.2) is 64.4 Å². The van der Waals surface area contributed by atoms with Crippen molar-refractivity contribution in [2.45, 2.75) is 32.0 Å². The van der Waals surface area contributed by atoms with E-state index in [9.17, 15) is 14.3 Å². The summed E-state index contributed by atoms with van der Waals surface area (Å²) in [5.41, 5.74) is 1.47. The Morgan fingerprint density at radius 3 is 2.50 bits per heavy atom. The zero-order valence-electron chi connectivity index (χ0n) is 17.6. The van der Waals surface area contributed by atoms with Gasteiger partial charge in [-0.15, -0.1) is 0 Å². The monoisotopic (exact) mass is 452 g/mol. The van der Waals surface area contributed by atoms with Gasteiger partial charge in [-0.25, -0.2) is 4.39 Å². The second kappa shape index (κ2) is 10.0. The number of likely N-dealkylation sites (tertiary alicyclic amines) is 1. The van der Waals surface area contributed by atoms with E-state index in [1.807, 2.05) is 6.07 Å². The van der Waals surface area contributed by atoms with Gasteiger partial charge in [-0.3, -0.25) is 14.8 Å². The molecule has 32 heavy (non-hydrogen) atoms. The number of hydrogen-bond acceptors (Lipinski definition) is 4. The van der Waals surface area contributed by atoms with Crippen molar-refractivity contribution in [1.29, 1.82) is 0 Å². The maximum atomic E-state index is 13.2. The Kier molecular flexibility index (Phi) is 6.92. The Labute approximate surface area is 190 Å². The Morgan fingerprint density at radius 2 is 1.81 bits per heavy atom. The van der Waals surface area contributed by atoms with E-state index in [0.29, 0.717) is 5.56 Å². The third-order valence-electron chi connectivity index (χ3n) is 5.81. The Hall–Kier alpha value is -3.10. The van der Waals surface area contributed by atoms with Gasteiger partial charge in [0.05, 0.1) is 24.7 Å². The fourth-order valence-corrected chi connectivity index (χ4v) is 4.24. The molecule has 166 valence electrons. The lowest BCUT2D eigenvalue weighted by atomic mass is 10.0. The van der Waals surface area contributed by atoms with Crippen LogP contribution < -0.4 is 15.6 Å². The number of nitrogens with zero attached hydrogens (tertiary/aromatic N) is 2. The highest BCUT2D eigenvalue weighted by Crippen LogP contribution is 2.13. The average molecular weight is 453 g/mol. The van der Waals surface area contributed by atoms with Crippen LogP contribution >= 0.6 is 12.2 Å². The predicted octanol–water partition coefficient (Wildman–Crippen LogP) is 1.83. The fraction of sp³-hybridized carbons (Fsp3) is 0.292. The number of H-pyrrole nitrogens is 1. The average Bonchev–Trinajstić information content (AvgIpc) is 2.79. The molecule has 2 aromatic carbocycles. The Bertz CT molecular complexity index is 1200. The number of piperidine rings is 1. The summed E-state index contributed by atoms with van der Waals surface area (Å²) >= 11 is 5.17. The first kappa shape index (κ1) is 22.1. The van der Waals surface area contributed by atoms with Gasteiger partial charge in [0.2, 0.25) is 0 Å². The van der Waals surface area contributed by atoms with Crippen molar-refractivity contribution < 1.29 is 14.4 Å². The summed E-state index contributed by atoms with van der Waals surface area (Å²) in [6.07, 6.45) is 3.20. The van der Waals surface area contributed by atoms with Crippen molar-refractivity contribution in [2.24, 2.45) is 4.99 Å². The van der Waals surface area contributed by atoms with Crippen LogP contribution in [0.2, 0.25) is 0 Å². The molecular weight excluding hydrogens is 427 g/mol. The molecule has 1 aliphatic heterocycles. The van der Waals surface area contributed by atoms with E-state index in [0.717, 1.165) is 32.5 Å². The maximum absolute atomic E-state index is 13.2. The van der Waals surface area contributed by atoms with Crippen LogP contribution in [0.25, 0.3) is 0 Å². The molecule has 1 saturated heterocycles. The van der Waals surface area contributed by atoms with Crippen molar-refractivity contribution in [1.82, 2.24) is 9.55 Å². The van der Waals surface area contributed by atoms with Crippen LogP contribution in [0.1, 0.15) is 29.5 Å². The Balaban J connectivity index is 1.44. The summed E-state index contributed by atoms with van der Waals surface area (Å²) in [6.45, 7) is 3.13. The third kappa shape index (κ3) is 5.38. The van der Waals surface area contributed by atoms with Gasteiger partial charge in [0, 0.05) is 31.2 Å². The molecule has 0 bridgehead atoms. The summed E-state index contributed by atoms with van der Waals surface area (Å²) in [5, 5.41) is 12.9. The van der Waals surface area contributed by atoms with Crippen molar-refractivity contribution in [2.75, 3.05) is 13.1 Å². The van der Waals surface area contributed by atoms with E-state index in [1.54, 1.807) is 12.1 Å². The zero-order chi connectivity index (χ0) is 22.5. The molecule has 1 aromatic heterocycles. The molecule has 0 radical (unpaired) electrons. The lowest BCUT2D eigenvalue weighted by molar-refractivity contribution is -0.918.